The van der Waals surface area contributed by atoms with Crippen molar-refractivity contribution in [1.29, 1.82) is 0 Å². The van der Waals surface area contributed by atoms with Crippen molar-refractivity contribution in [3.8, 4) is 11.3 Å². The Kier molecular flexibility index (Phi) is 6.38. The SMILES string of the molecule is C[C@@H](Sc1nc(-c2ccc(Cl)cc2)cs1)C(O)(Cn1cncn1)c1ccc(F)cc1F. The summed E-state index contributed by atoms with van der Waals surface area (Å²) >= 11 is 8.68. The summed E-state index contributed by atoms with van der Waals surface area (Å²) in [5.74, 6) is -1.53. The van der Waals surface area contributed by atoms with Crippen LogP contribution < -0.4 is 0 Å². The van der Waals surface area contributed by atoms with Gasteiger partial charge >= 0.3 is 0 Å². The maximum Gasteiger partial charge on any atom is 0.150 e. The van der Waals surface area contributed by atoms with E-state index in [1.807, 2.05) is 17.5 Å². The van der Waals surface area contributed by atoms with E-state index in [2.05, 4.69) is 15.1 Å². The van der Waals surface area contributed by atoms with E-state index in [0.29, 0.717) is 9.36 Å². The van der Waals surface area contributed by atoms with Crippen molar-refractivity contribution in [2.75, 3.05) is 0 Å². The molecule has 10 heteroatoms. The summed E-state index contributed by atoms with van der Waals surface area (Å²) in [5, 5.41) is 17.6. The van der Waals surface area contributed by atoms with Crippen molar-refractivity contribution in [2.24, 2.45) is 0 Å². The first-order chi connectivity index (χ1) is 14.8. The fraction of sp³-hybridized carbons (Fsp3) is 0.190. The average Bonchev–Trinajstić information content (AvgIpc) is 3.40. The molecule has 0 saturated heterocycles. The third-order valence-electron chi connectivity index (χ3n) is 4.84. The van der Waals surface area contributed by atoms with Crippen LogP contribution in [0.1, 0.15) is 12.5 Å². The zero-order valence-corrected chi connectivity index (χ0v) is 18.6. The third kappa shape index (κ3) is 4.79. The van der Waals surface area contributed by atoms with E-state index in [4.69, 9.17) is 11.6 Å². The standard InChI is InChI=1S/C21H17ClF2N4OS2/c1-13(31-20-27-19(9-30-20)14-2-4-15(22)5-3-14)21(29,10-28-12-25-11-26-28)17-7-6-16(23)8-18(17)24/h2-9,11-13,29H,10H2,1H3/t13-,21?/m1/s1. The lowest BCUT2D eigenvalue weighted by atomic mass is 9.90. The molecule has 4 rings (SSSR count). The molecule has 1 N–H and O–H groups in total. The van der Waals surface area contributed by atoms with Gasteiger partial charge in [-0.2, -0.15) is 5.10 Å². The molecule has 0 saturated carbocycles. The molecule has 0 amide bonds. The minimum atomic E-state index is -1.69. The Morgan fingerprint density at radius 3 is 2.68 bits per heavy atom. The van der Waals surface area contributed by atoms with Crippen molar-refractivity contribution in [2.45, 2.75) is 28.7 Å². The molecule has 0 spiro atoms. The number of nitrogens with zero attached hydrogens (tertiary/aromatic N) is 4. The number of aromatic nitrogens is 4. The highest BCUT2D eigenvalue weighted by Crippen LogP contribution is 2.41. The fourth-order valence-corrected chi connectivity index (χ4v) is 5.48. The van der Waals surface area contributed by atoms with Crippen LogP contribution >= 0.6 is 34.7 Å². The number of hydrogen-bond acceptors (Lipinski definition) is 6. The summed E-state index contributed by atoms with van der Waals surface area (Å²) in [6.07, 6.45) is 2.77. The van der Waals surface area contributed by atoms with Gasteiger partial charge in [0.1, 0.15) is 29.9 Å². The van der Waals surface area contributed by atoms with Gasteiger partial charge in [0.05, 0.1) is 12.2 Å². The molecule has 2 atom stereocenters. The number of thiazole rings is 1. The van der Waals surface area contributed by atoms with Gasteiger partial charge in [0.15, 0.2) is 4.34 Å². The van der Waals surface area contributed by atoms with Crippen LogP contribution in [0.3, 0.4) is 0 Å². The number of rotatable bonds is 7. The van der Waals surface area contributed by atoms with Crippen LogP contribution in [0, 0.1) is 11.6 Å². The first-order valence-electron chi connectivity index (χ1n) is 9.23. The topological polar surface area (TPSA) is 63.8 Å². The Morgan fingerprint density at radius 2 is 2.00 bits per heavy atom. The maximum absolute atomic E-state index is 14.7. The largest absolute Gasteiger partial charge is 0.382 e. The lowest BCUT2D eigenvalue weighted by molar-refractivity contribution is 0.0133. The molecule has 2 aromatic heterocycles. The highest BCUT2D eigenvalue weighted by molar-refractivity contribution is 8.01. The number of halogens is 3. The van der Waals surface area contributed by atoms with Gasteiger partial charge in [0, 0.05) is 32.8 Å². The second-order valence-corrected chi connectivity index (χ2v) is 9.79. The molecule has 2 aromatic carbocycles. The fourth-order valence-electron chi connectivity index (χ4n) is 3.15. The number of benzene rings is 2. The van der Waals surface area contributed by atoms with E-state index < -0.39 is 22.5 Å². The van der Waals surface area contributed by atoms with Gasteiger partial charge in [0.2, 0.25) is 0 Å². The summed E-state index contributed by atoms with van der Waals surface area (Å²) < 4.78 is 30.3. The summed E-state index contributed by atoms with van der Waals surface area (Å²) in [6, 6.07) is 10.5. The average molecular weight is 479 g/mol. The molecule has 0 aliphatic carbocycles. The predicted octanol–water partition coefficient (Wildman–Crippen LogP) is 5.40. The van der Waals surface area contributed by atoms with Gasteiger partial charge in [-0.3, -0.25) is 0 Å². The minimum absolute atomic E-state index is 0.0149. The summed E-state index contributed by atoms with van der Waals surface area (Å²) in [7, 11) is 0. The molecule has 0 radical (unpaired) electrons. The van der Waals surface area contributed by atoms with Crippen LogP contribution in [0.2, 0.25) is 5.02 Å². The summed E-state index contributed by atoms with van der Waals surface area (Å²) in [6.45, 7) is 1.72. The first kappa shape index (κ1) is 21.9. The maximum atomic E-state index is 14.7. The van der Waals surface area contributed by atoms with Crippen LogP contribution in [0.15, 0.2) is 64.8 Å². The van der Waals surface area contributed by atoms with Crippen molar-refractivity contribution in [1.82, 2.24) is 19.7 Å². The highest BCUT2D eigenvalue weighted by Gasteiger charge is 2.40. The molecule has 4 aromatic rings. The zero-order valence-electron chi connectivity index (χ0n) is 16.2. The molecule has 0 fully saturated rings. The molecule has 1 unspecified atom stereocenters. The van der Waals surface area contributed by atoms with Crippen LogP contribution in [0.5, 0.6) is 0 Å². The van der Waals surface area contributed by atoms with Gasteiger partial charge < -0.3 is 5.11 Å². The van der Waals surface area contributed by atoms with Gasteiger partial charge in [-0.1, -0.05) is 41.6 Å². The quantitative estimate of drug-likeness (QED) is 0.360. The monoisotopic (exact) mass is 478 g/mol. The van der Waals surface area contributed by atoms with E-state index in [-0.39, 0.29) is 12.1 Å². The van der Waals surface area contributed by atoms with Crippen molar-refractivity contribution >= 4 is 34.7 Å². The van der Waals surface area contributed by atoms with Crippen molar-refractivity contribution < 1.29 is 13.9 Å². The van der Waals surface area contributed by atoms with E-state index in [1.54, 1.807) is 19.1 Å². The lowest BCUT2D eigenvalue weighted by Crippen LogP contribution is -2.41. The Labute approximate surface area is 190 Å². The Balaban J connectivity index is 1.63. The van der Waals surface area contributed by atoms with E-state index >= 15 is 0 Å². The van der Waals surface area contributed by atoms with Crippen LogP contribution in [-0.4, -0.2) is 30.1 Å². The van der Waals surface area contributed by atoms with E-state index in [1.165, 1.54) is 46.5 Å². The lowest BCUT2D eigenvalue weighted by Gasteiger charge is -2.34. The van der Waals surface area contributed by atoms with E-state index in [9.17, 15) is 13.9 Å². The molecular weight excluding hydrogens is 462 g/mol. The van der Waals surface area contributed by atoms with Gasteiger partial charge in [0.25, 0.3) is 0 Å². The Hall–Kier alpha value is -2.33. The van der Waals surface area contributed by atoms with Gasteiger partial charge in [-0.15, -0.1) is 11.3 Å². The Bertz CT molecular complexity index is 1170. The molecule has 31 heavy (non-hydrogen) atoms. The number of thioether (sulfide) groups is 1. The van der Waals surface area contributed by atoms with Gasteiger partial charge in [-0.25, -0.2) is 23.4 Å². The second-order valence-electron chi connectivity index (χ2n) is 6.91. The van der Waals surface area contributed by atoms with Gasteiger partial charge in [-0.05, 0) is 25.1 Å². The molecule has 2 heterocycles. The predicted molar refractivity (Wildman–Crippen MR) is 118 cm³/mol. The molecule has 0 bridgehead atoms. The summed E-state index contributed by atoms with van der Waals surface area (Å²) in [5.41, 5.74) is -0.00643. The number of hydrogen-bond donors (Lipinski definition) is 1. The molecule has 5 nitrogen and oxygen atoms in total. The van der Waals surface area contributed by atoms with Crippen molar-refractivity contribution in [3.63, 3.8) is 0 Å². The molecular formula is C21H17ClF2N4OS2. The zero-order chi connectivity index (χ0) is 22.0. The second kappa shape index (κ2) is 9.04. The third-order valence-corrected chi connectivity index (χ3v) is 7.34. The van der Waals surface area contributed by atoms with Crippen LogP contribution in [0.25, 0.3) is 11.3 Å². The molecule has 160 valence electrons. The van der Waals surface area contributed by atoms with Crippen LogP contribution in [0.4, 0.5) is 8.78 Å². The Morgan fingerprint density at radius 1 is 1.23 bits per heavy atom. The van der Waals surface area contributed by atoms with Crippen LogP contribution in [-0.2, 0) is 12.1 Å². The molecule has 0 aliphatic rings. The summed E-state index contributed by atoms with van der Waals surface area (Å²) in [4.78, 5) is 8.51. The number of aliphatic hydroxyl groups is 1. The minimum Gasteiger partial charge on any atom is -0.382 e. The smallest absolute Gasteiger partial charge is 0.150 e. The first-order valence-corrected chi connectivity index (χ1v) is 11.4. The molecule has 0 aliphatic heterocycles. The highest BCUT2D eigenvalue weighted by atomic mass is 35.5. The normalized spacial score (nSPS) is 14.4. The van der Waals surface area contributed by atoms with Crippen molar-refractivity contribution in [3.05, 3.63) is 82.7 Å². The van der Waals surface area contributed by atoms with E-state index in [0.717, 1.165) is 23.4 Å².